The fraction of sp³-hybridized carbons (Fsp3) is 0.667. The van der Waals surface area contributed by atoms with Crippen molar-refractivity contribution >= 4 is 0 Å². The van der Waals surface area contributed by atoms with Gasteiger partial charge in [0.05, 0.1) is 0 Å². The van der Waals surface area contributed by atoms with E-state index < -0.39 is 0 Å². The molecule has 0 aromatic heterocycles. The van der Waals surface area contributed by atoms with Crippen LogP contribution in [0.15, 0.2) is 30.3 Å². The molecule has 1 fully saturated rings. The molecule has 0 radical (unpaired) electrons. The molecular formula is C18H30N2. The summed E-state index contributed by atoms with van der Waals surface area (Å²) >= 11 is 0. The quantitative estimate of drug-likeness (QED) is 0.856. The third kappa shape index (κ3) is 5.26. The summed E-state index contributed by atoms with van der Waals surface area (Å²) in [4.78, 5) is 2.67. The van der Waals surface area contributed by atoms with Crippen LogP contribution in [0.3, 0.4) is 0 Å². The number of nitrogens with zero attached hydrogens (tertiary/aromatic N) is 1. The van der Waals surface area contributed by atoms with E-state index in [1.54, 1.807) is 0 Å². The minimum absolute atomic E-state index is 0.605. The number of rotatable bonds is 6. The van der Waals surface area contributed by atoms with Crippen molar-refractivity contribution in [3.8, 4) is 0 Å². The van der Waals surface area contributed by atoms with Crippen molar-refractivity contribution in [1.82, 2.24) is 10.2 Å². The maximum atomic E-state index is 3.72. The van der Waals surface area contributed by atoms with Gasteiger partial charge in [-0.3, -0.25) is 0 Å². The van der Waals surface area contributed by atoms with Gasteiger partial charge in [0, 0.05) is 19.1 Å². The van der Waals surface area contributed by atoms with Crippen LogP contribution in [0.1, 0.15) is 38.7 Å². The SMILES string of the molecule is CCCC(C)CN1CCCNC(Cc2ccccc2)C1. The molecule has 1 heterocycles. The van der Waals surface area contributed by atoms with E-state index in [2.05, 4.69) is 54.4 Å². The molecule has 112 valence electrons. The van der Waals surface area contributed by atoms with E-state index in [-0.39, 0.29) is 0 Å². The Hall–Kier alpha value is -0.860. The van der Waals surface area contributed by atoms with Crippen molar-refractivity contribution in [2.45, 2.75) is 45.6 Å². The van der Waals surface area contributed by atoms with Gasteiger partial charge in [-0.15, -0.1) is 0 Å². The molecule has 0 aliphatic carbocycles. The fourth-order valence-electron chi connectivity index (χ4n) is 3.30. The second-order valence-corrected chi connectivity index (χ2v) is 6.35. The summed E-state index contributed by atoms with van der Waals surface area (Å²) in [6, 6.07) is 11.5. The smallest absolute Gasteiger partial charge is 0.0235 e. The Labute approximate surface area is 124 Å². The van der Waals surface area contributed by atoms with Gasteiger partial charge in [-0.2, -0.15) is 0 Å². The monoisotopic (exact) mass is 274 g/mol. The summed E-state index contributed by atoms with van der Waals surface area (Å²) in [5.74, 6) is 0.829. The molecular weight excluding hydrogens is 244 g/mol. The molecule has 2 rings (SSSR count). The van der Waals surface area contributed by atoms with Gasteiger partial charge in [0.15, 0.2) is 0 Å². The lowest BCUT2D eigenvalue weighted by molar-refractivity contribution is 0.227. The van der Waals surface area contributed by atoms with Crippen molar-refractivity contribution in [2.75, 3.05) is 26.2 Å². The molecule has 0 bridgehead atoms. The third-order valence-corrected chi connectivity index (χ3v) is 4.24. The van der Waals surface area contributed by atoms with Crippen molar-refractivity contribution in [1.29, 1.82) is 0 Å². The van der Waals surface area contributed by atoms with E-state index in [0.29, 0.717) is 6.04 Å². The molecule has 1 aliphatic rings. The van der Waals surface area contributed by atoms with Gasteiger partial charge in [0.25, 0.3) is 0 Å². The largest absolute Gasteiger partial charge is 0.312 e. The Morgan fingerprint density at radius 2 is 2.10 bits per heavy atom. The molecule has 0 spiro atoms. The first-order valence-corrected chi connectivity index (χ1v) is 8.27. The Balaban J connectivity index is 1.86. The van der Waals surface area contributed by atoms with Gasteiger partial charge < -0.3 is 10.2 Å². The molecule has 1 aromatic carbocycles. The number of hydrogen-bond donors (Lipinski definition) is 1. The van der Waals surface area contributed by atoms with Crippen LogP contribution in [-0.4, -0.2) is 37.1 Å². The Kier molecular flexibility index (Phi) is 6.55. The first-order valence-electron chi connectivity index (χ1n) is 8.27. The molecule has 1 N–H and O–H groups in total. The second kappa shape index (κ2) is 8.43. The number of hydrogen-bond acceptors (Lipinski definition) is 2. The summed E-state index contributed by atoms with van der Waals surface area (Å²) in [6.07, 6.45) is 5.09. The molecule has 1 saturated heterocycles. The zero-order valence-corrected chi connectivity index (χ0v) is 13.1. The highest BCUT2D eigenvalue weighted by atomic mass is 15.2. The van der Waals surface area contributed by atoms with Gasteiger partial charge in [-0.05, 0) is 43.8 Å². The van der Waals surface area contributed by atoms with E-state index in [4.69, 9.17) is 0 Å². The lowest BCUT2D eigenvalue weighted by atomic mass is 10.0. The fourth-order valence-corrected chi connectivity index (χ4v) is 3.30. The van der Waals surface area contributed by atoms with Crippen LogP contribution in [-0.2, 0) is 6.42 Å². The normalized spacial score (nSPS) is 22.4. The Morgan fingerprint density at radius 3 is 2.85 bits per heavy atom. The maximum absolute atomic E-state index is 3.72. The highest BCUT2D eigenvalue weighted by molar-refractivity contribution is 5.16. The molecule has 2 atom stereocenters. The van der Waals surface area contributed by atoms with Gasteiger partial charge in [-0.25, -0.2) is 0 Å². The lowest BCUT2D eigenvalue weighted by Gasteiger charge is -2.27. The average molecular weight is 274 g/mol. The van der Waals surface area contributed by atoms with E-state index in [1.165, 1.54) is 44.5 Å². The molecule has 1 aromatic rings. The highest BCUT2D eigenvalue weighted by Gasteiger charge is 2.19. The minimum atomic E-state index is 0.605. The first kappa shape index (κ1) is 15.5. The molecule has 0 saturated carbocycles. The average Bonchev–Trinajstić information content (AvgIpc) is 2.65. The van der Waals surface area contributed by atoms with Crippen LogP contribution in [0.25, 0.3) is 0 Å². The summed E-state index contributed by atoms with van der Waals surface area (Å²) < 4.78 is 0. The highest BCUT2D eigenvalue weighted by Crippen LogP contribution is 2.12. The molecule has 0 amide bonds. The topological polar surface area (TPSA) is 15.3 Å². The lowest BCUT2D eigenvalue weighted by Crippen LogP contribution is -2.40. The molecule has 20 heavy (non-hydrogen) atoms. The predicted molar refractivity (Wildman–Crippen MR) is 87.1 cm³/mol. The van der Waals surface area contributed by atoms with Crippen molar-refractivity contribution in [2.24, 2.45) is 5.92 Å². The van der Waals surface area contributed by atoms with E-state index in [9.17, 15) is 0 Å². The molecule has 1 aliphatic heterocycles. The van der Waals surface area contributed by atoms with Crippen LogP contribution < -0.4 is 5.32 Å². The van der Waals surface area contributed by atoms with Crippen LogP contribution in [0.2, 0.25) is 0 Å². The number of benzene rings is 1. The van der Waals surface area contributed by atoms with Gasteiger partial charge in [-0.1, -0.05) is 50.6 Å². The van der Waals surface area contributed by atoms with Gasteiger partial charge in [0.1, 0.15) is 0 Å². The summed E-state index contributed by atoms with van der Waals surface area (Å²) in [6.45, 7) is 9.57. The molecule has 2 unspecified atom stereocenters. The van der Waals surface area contributed by atoms with Crippen molar-refractivity contribution < 1.29 is 0 Å². The van der Waals surface area contributed by atoms with E-state index in [0.717, 1.165) is 18.9 Å². The van der Waals surface area contributed by atoms with Crippen molar-refractivity contribution in [3.05, 3.63) is 35.9 Å². The van der Waals surface area contributed by atoms with Crippen molar-refractivity contribution in [3.63, 3.8) is 0 Å². The zero-order chi connectivity index (χ0) is 14.2. The predicted octanol–water partition coefficient (Wildman–Crippen LogP) is 3.33. The van der Waals surface area contributed by atoms with Crippen LogP contribution in [0, 0.1) is 5.92 Å². The third-order valence-electron chi connectivity index (χ3n) is 4.24. The Morgan fingerprint density at radius 1 is 1.30 bits per heavy atom. The van der Waals surface area contributed by atoms with Gasteiger partial charge in [0.2, 0.25) is 0 Å². The number of nitrogens with one attached hydrogen (secondary N) is 1. The second-order valence-electron chi connectivity index (χ2n) is 6.35. The van der Waals surface area contributed by atoms with Crippen LogP contribution in [0.5, 0.6) is 0 Å². The van der Waals surface area contributed by atoms with Crippen LogP contribution in [0.4, 0.5) is 0 Å². The Bertz CT molecular complexity index is 363. The van der Waals surface area contributed by atoms with Gasteiger partial charge >= 0.3 is 0 Å². The summed E-state index contributed by atoms with van der Waals surface area (Å²) in [7, 11) is 0. The zero-order valence-electron chi connectivity index (χ0n) is 13.1. The molecule has 2 heteroatoms. The standard InChI is InChI=1S/C18H30N2/c1-3-8-16(2)14-20-12-7-11-19-18(15-20)13-17-9-5-4-6-10-17/h4-6,9-10,16,18-19H,3,7-8,11-15H2,1-2H3. The first-order chi connectivity index (χ1) is 9.78. The summed E-state index contributed by atoms with van der Waals surface area (Å²) in [5, 5.41) is 3.72. The van der Waals surface area contributed by atoms with Crippen LogP contribution >= 0.6 is 0 Å². The van der Waals surface area contributed by atoms with E-state index in [1.807, 2.05) is 0 Å². The maximum Gasteiger partial charge on any atom is 0.0235 e. The molecule has 2 nitrogen and oxygen atoms in total. The van der Waals surface area contributed by atoms with E-state index >= 15 is 0 Å². The summed E-state index contributed by atoms with van der Waals surface area (Å²) in [5.41, 5.74) is 1.45. The minimum Gasteiger partial charge on any atom is -0.312 e.